The molecule has 0 aliphatic heterocycles. The van der Waals surface area contributed by atoms with E-state index in [2.05, 4.69) is 9.72 Å². The molecule has 0 saturated heterocycles. The van der Waals surface area contributed by atoms with Crippen molar-refractivity contribution < 1.29 is 17.9 Å². The predicted octanol–water partition coefficient (Wildman–Crippen LogP) is 1.09. The van der Waals surface area contributed by atoms with Crippen LogP contribution in [0.25, 0.3) is 0 Å². The second-order valence-corrected chi connectivity index (χ2v) is 3.08. The van der Waals surface area contributed by atoms with Crippen LogP contribution in [0.2, 0.25) is 0 Å². The first-order valence-electron chi connectivity index (χ1n) is 4.48. The Kier molecular flexibility index (Phi) is 3.75. The van der Waals surface area contributed by atoms with Crippen molar-refractivity contribution in [2.75, 3.05) is 5.73 Å². The maximum absolute atomic E-state index is 12.0. The van der Waals surface area contributed by atoms with Crippen molar-refractivity contribution in [3.8, 4) is 11.9 Å². The minimum Gasteiger partial charge on any atom is -0.394 e. The van der Waals surface area contributed by atoms with Gasteiger partial charge in [0.2, 0.25) is 5.88 Å². The number of hydrogen-bond acceptors (Lipinski definition) is 5. The molecule has 0 aliphatic rings. The van der Waals surface area contributed by atoms with Gasteiger partial charge in [-0.05, 0) is 11.6 Å². The van der Waals surface area contributed by atoms with Crippen LogP contribution in [0.1, 0.15) is 11.3 Å². The number of alkyl halides is 3. The van der Waals surface area contributed by atoms with Crippen molar-refractivity contribution in [2.24, 2.45) is 5.73 Å². The van der Waals surface area contributed by atoms with Crippen LogP contribution in [0.4, 0.5) is 18.9 Å². The Bertz CT molecular complexity index is 453. The Morgan fingerprint density at radius 3 is 2.59 bits per heavy atom. The molecular weight excluding hydrogens is 237 g/mol. The van der Waals surface area contributed by atoms with Gasteiger partial charge in [0.25, 0.3) is 0 Å². The average Bonchev–Trinajstić information content (AvgIpc) is 2.21. The third-order valence-electron chi connectivity index (χ3n) is 1.86. The van der Waals surface area contributed by atoms with E-state index in [1.54, 1.807) is 6.07 Å². The predicted molar refractivity (Wildman–Crippen MR) is 52.5 cm³/mol. The number of halogens is 3. The molecule has 0 fully saturated rings. The number of hydrogen-bond donors (Lipinski definition) is 2. The first-order chi connectivity index (χ1) is 7.87. The van der Waals surface area contributed by atoms with Crippen molar-refractivity contribution in [1.29, 1.82) is 5.26 Å². The molecule has 1 rings (SSSR count). The average molecular weight is 246 g/mol. The molecule has 0 amide bonds. The van der Waals surface area contributed by atoms with E-state index in [1.807, 2.05) is 0 Å². The van der Waals surface area contributed by atoms with Gasteiger partial charge in [0, 0.05) is 6.54 Å². The monoisotopic (exact) mass is 246 g/mol. The van der Waals surface area contributed by atoms with Crippen LogP contribution in [0.3, 0.4) is 0 Å². The molecule has 0 spiro atoms. The molecule has 0 aliphatic carbocycles. The molecule has 17 heavy (non-hydrogen) atoms. The SMILES string of the molecule is N#CCc1nc(OC(F)(F)F)c(N)cc1CN. The lowest BCUT2D eigenvalue weighted by Crippen LogP contribution is -2.20. The highest BCUT2D eigenvalue weighted by molar-refractivity contribution is 5.51. The summed E-state index contributed by atoms with van der Waals surface area (Å²) in [6.07, 6.45) is -5.05. The van der Waals surface area contributed by atoms with Gasteiger partial charge in [0.05, 0.1) is 23.9 Å². The number of nitrogens with zero attached hydrogens (tertiary/aromatic N) is 2. The first-order valence-corrected chi connectivity index (χ1v) is 4.48. The molecule has 1 heterocycles. The van der Waals surface area contributed by atoms with Crippen LogP contribution >= 0.6 is 0 Å². The number of pyridine rings is 1. The quantitative estimate of drug-likeness (QED) is 0.831. The van der Waals surface area contributed by atoms with Gasteiger partial charge in [-0.1, -0.05) is 0 Å². The van der Waals surface area contributed by atoms with Gasteiger partial charge in [0.15, 0.2) is 0 Å². The zero-order valence-corrected chi connectivity index (χ0v) is 8.58. The van der Waals surface area contributed by atoms with Gasteiger partial charge in [-0.15, -0.1) is 13.2 Å². The summed E-state index contributed by atoms with van der Waals surface area (Å²) in [6.45, 7) is 0.0283. The van der Waals surface area contributed by atoms with Gasteiger partial charge >= 0.3 is 6.36 Å². The lowest BCUT2D eigenvalue weighted by molar-refractivity contribution is -0.275. The van der Waals surface area contributed by atoms with Crippen LogP contribution in [-0.4, -0.2) is 11.3 Å². The van der Waals surface area contributed by atoms with Crippen molar-refractivity contribution in [2.45, 2.75) is 19.3 Å². The van der Waals surface area contributed by atoms with Crippen molar-refractivity contribution in [3.05, 3.63) is 17.3 Å². The van der Waals surface area contributed by atoms with Crippen molar-refractivity contribution in [1.82, 2.24) is 4.98 Å². The maximum Gasteiger partial charge on any atom is 0.574 e. The maximum atomic E-state index is 12.0. The summed E-state index contributed by atoms with van der Waals surface area (Å²) >= 11 is 0. The van der Waals surface area contributed by atoms with Crippen molar-refractivity contribution >= 4 is 5.69 Å². The zero-order chi connectivity index (χ0) is 13.1. The van der Waals surface area contributed by atoms with Gasteiger partial charge in [-0.2, -0.15) is 5.26 Å². The molecular formula is C9H9F3N4O. The van der Waals surface area contributed by atoms with E-state index in [1.165, 1.54) is 6.07 Å². The fraction of sp³-hybridized carbons (Fsp3) is 0.333. The molecule has 0 atom stereocenters. The van der Waals surface area contributed by atoms with E-state index in [0.717, 1.165) is 0 Å². The molecule has 0 bridgehead atoms. The van der Waals surface area contributed by atoms with Gasteiger partial charge in [-0.3, -0.25) is 0 Å². The summed E-state index contributed by atoms with van der Waals surface area (Å²) in [6, 6.07) is 3.00. The number of anilines is 1. The third kappa shape index (κ3) is 3.49. The molecule has 0 saturated carbocycles. The topological polar surface area (TPSA) is 97.9 Å². The Morgan fingerprint density at radius 1 is 1.47 bits per heavy atom. The lowest BCUT2D eigenvalue weighted by Gasteiger charge is -2.12. The molecule has 5 nitrogen and oxygen atoms in total. The minimum atomic E-state index is -4.88. The van der Waals surface area contributed by atoms with Gasteiger partial charge < -0.3 is 16.2 Å². The second-order valence-electron chi connectivity index (χ2n) is 3.08. The number of rotatable bonds is 3. The Balaban J connectivity index is 3.16. The molecule has 0 unspecified atom stereocenters. The summed E-state index contributed by atoms with van der Waals surface area (Å²) < 4.78 is 39.7. The number of nitrogens with two attached hydrogens (primary N) is 2. The zero-order valence-electron chi connectivity index (χ0n) is 8.58. The largest absolute Gasteiger partial charge is 0.574 e. The normalized spacial score (nSPS) is 11.0. The van der Waals surface area contributed by atoms with Crippen LogP contribution < -0.4 is 16.2 Å². The highest BCUT2D eigenvalue weighted by Crippen LogP contribution is 2.28. The molecule has 0 aromatic carbocycles. The molecule has 4 N–H and O–H groups in total. The summed E-state index contributed by atoms with van der Waals surface area (Å²) in [5.41, 5.74) is 11.0. The number of aromatic nitrogens is 1. The standard InChI is InChI=1S/C9H9F3N4O/c10-9(11,12)17-8-6(15)3-5(4-14)7(16-8)1-2-13/h3H,1,4,14-15H2. The highest BCUT2D eigenvalue weighted by Gasteiger charge is 2.33. The Hall–Kier alpha value is -2.01. The summed E-state index contributed by atoms with van der Waals surface area (Å²) in [5, 5.41) is 8.51. The summed E-state index contributed by atoms with van der Waals surface area (Å²) in [4.78, 5) is 3.55. The van der Waals surface area contributed by atoms with Crippen LogP contribution in [0.15, 0.2) is 6.07 Å². The van der Waals surface area contributed by atoms with Crippen LogP contribution in [0, 0.1) is 11.3 Å². The van der Waals surface area contributed by atoms with E-state index in [0.29, 0.717) is 5.56 Å². The smallest absolute Gasteiger partial charge is 0.394 e. The van der Waals surface area contributed by atoms with E-state index < -0.39 is 12.2 Å². The lowest BCUT2D eigenvalue weighted by atomic mass is 10.1. The van der Waals surface area contributed by atoms with Crippen LogP contribution in [-0.2, 0) is 13.0 Å². The number of nitrogen functional groups attached to an aromatic ring is 1. The molecule has 92 valence electrons. The molecule has 0 radical (unpaired) electrons. The molecule has 1 aromatic rings. The van der Waals surface area contributed by atoms with Crippen LogP contribution in [0.5, 0.6) is 5.88 Å². The van der Waals surface area contributed by atoms with E-state index in [9.17, 15) is 13.2 Å². The van der Waals surface area contributed by atoms with Crippen molar-refractivity contribution in [3.63, 3.8) is 0 Å². The Morgan fingerprint density at radius 2 is 2.12 bits per heavy atom. The number of ether oxygens (including phenoxy) is 1. The molecule has 8 heteroatoms. The second kappa shape index (κ2) is 4.88. The Labute approximate surface area is 94.8 Å². The number of nitriles is 1. The third-order valence-corrected chi connectivity index (χ3v) is 1.86. The fourth-order valence-corrected chi connectivity index (χ4v) is 1.19. The summed E-state index contributed by atoms with van der Waals surface area (Å²) in [7, 11) is 0. The van der Waals surface area contributed by atoms with E-state index in [4.69, 9.17) is 16.7 Å². The van der Waals surface area contributed by atoms with Gasteiger partial charge in [0.1, 0.15) is 0 Å². The first kappa shape index (κ1) is 13.1. The fourth-order valence-electron chi connectivity index (χ4n) is 1.19. The molecule has 1 aromatic heterocycles. The minimum absolute atomic E-state index is 0.0283. The van der Waals surface area contributed by atoms with E-state index in [-0.39, 0.29) is 24.3 Å². The highest BCUT2D eigenvalue weighted by atomic mass is 19.4. The van der Waals surface area contributed by atoms with Gasteiger partial charge in [-0.25, -0.2) is 4.98 Å². The summed E-state index contributed by atoms with van der Waals surface area (Å²) in [5.74, 6) is -0.764. The van der Waals surface area contributed by atoms with E-state index >= 15 is 0 Å².